The van der Waals surface area contributed by atoms with Crippen molar-refractivity contribution in [3.8, 4) is 11.4 Å². The van der Waals surface area contributed by atoms with Crippen LogP contribution < -0.4 is 5.32 Å². The van der Waals surface area contributed by atoms with Crippen LogP contribution in [-0.4, -0.2) is 53.2 Å². The maximum absolute atomic E-state index is 12.4. The molecule has 0 saturated carbocycles. The van der Waals surface area contributed by atoms with Crippen LogP contribution in [0.2, 0.25) is 0 Å². The zero-order chi connectivity index (χ0) is 22.2. The van der Waals surface area contributed by atoms with Crippen LogP contribution >= 0.6 is 11.8 Å². The Bertz CT molecular complexity index is 1030. The SMILES string of the molecule is COCCCn1c(SCC(=O)Nc2ccc(C(=O)OC)cc2)nnc1-c1ccoc1C. The van der Waals surface area contributed by atoms with E-state index in [1.807, 2.05) is 17.6 Å². The van der Waals surface area contributed by atoms with E-state index in [-0.39, 0.29) is 11.7 Å². The van der Waals surface area contributed by atoms with Crippen LogP contribution in [0.3, 0.4) is 0 Å². The van der Waals surface area contributed by atoms with E-state index in [0.29, 0.717) is 35.4 Å². The average molecular weight is 445 g/mol. The highest BCUT2D eigenvalue weighted by molar-refractivity contribution is 7.99. The first kappa shape index (κ1) is 22.6. The molecule has 0 fully saturated rings. The van der Waals surface area contributed by atoms with Crippen LogP contribution in [-0.2, 0) is 20.8 Å². The summed E-state index contributed by atoms with van der Waals surface area (Å²) in [6.45, 7) is 3.13. The van der Waals surface area contributed by atoms with Crippen LogP contribution in [0.15, 0.2) is 46.2 Å². The van der Waals surface area contributed by atoms with Gasteiger partial charge in [-0.1, -0.05) is 11.8 Å². The van der Waals surface area contributed by atoms with E-state index in [0.717, 1.165) is 17.7 Å². The molecule has 164 valence electrons. The summed E-state index contributed by atoms with van der Waals surface area (Å²) in [5, 5.41) is 12.0. The number of rotatable bonds is 10. The number of hydrogen-bond donors (Lipinski definition) is 1. The Labute approximate surface area is 184 Å². The monoisotopic (exact) mass is 444 g/mol. The van der Waals surface area contributed by atoms with Gasteiger partial charge in [0.05, 0.1) is 30.3 Å². The largest absolute Gasteiger partial charge is 0.469 e. The number of thioether (sulfide) groups is 1. The fourth-order valence-corrected chi connectivity index (χ4v) is 3.68. The first-order valence-electron chi connectivity index (χ1n) is 9.61. The van der Waals surface area contributed by atoms with E-state index in [4.69, 9.17) is 9.15 Å². The Hall–Kier alpha value is -3.11. The molecular weight excluding hydrogens is 420 g/mol. The van der Waals surface area contributed by atoms with Gasteiger partial charge < -0.3 is 23.8 Å². The highest BCUT2D eigenvalue weighted by Gasteiger charge is 2.18. The molecule has 1 N–H and O–H groups in total. The molecular formula is C21H24N4O5S. The van der Waals surface area contributed by atoms with Gasteiger partial charge in [-0.05, 0) is 43.7 Å². The number of benzene rings is 1. The molecule has 1 aromatic carbocycles. The summed E-state index contributed by atoms with van der Waals surface area (Å²) in [4.78, 5) is 23.9. The van der Waals surface area contributed by atoms with E-state index < -0.39 is 5.97 Å². The topological polar surface area (TPSA) is 108 Å². The van der Waals surface area contributed by atoms with Crippen molar-refractivity contribution < 1.29 is 23.5 Å². The molecule has 10 heteroatoms. The number of esters is 1. The molecule has 0 aliphatic rings. The molecule has 0 aliphatic heterocycles. The molecule has 0 spiro atoms. The van der Waals surface area contributed by atoms with Gasteiger partial charge in [-0.15, -0.1) is 10.2 Å². The standard InChI is InChI=1S/C21H24N4O5S/c1-14-17(9-12-30-14)19-23-24-21(25(19)10-4-11-28-2)31-13-18(26)22-16-7-5-15(6-8-16)20(27)29-3/h5-9,12H,4,10-11,13H2,1-3H3,(H,22,26). The molecule has 0 bridgehead atoms. The number of nitrogens with zero attached hydrogens (tertiary/aromatic N) is 3. The summed E-state index contributed by atoms with van der Waals surface area (Å²) in [6, 6.07) is 8.36. The van der Waals surface area contributed by atoms with Crippen LogP contribution in [0.4, 0.5) is 5.69 Å². The highest BCUT2D eigenvalue weighted by atomic mass is 32.2. The quantitative estimate of drug-likeness (QED) is 0.288. The number of methoxy groups -OCH3 is 2. The fraction of sp³-hybridized carbons (Fsp3) is 0.333. The first-order valence-corrected chi connectivity index (χ1v) is 10.6. The van der Waals surface area contributed by atoms with Crippen molar-refractivity contribution in [2.75, 3.05) is 31.9 Å². The van der Waals surface area contributed by atoms with Gasteiger partial charge in [-0.3, -0.25) is 4.79 Å². The third-order valence-electron chi connectivity index (χ3n) is 4.47. The molecule has 0 aliphatic carbocycles. The average Bonchev–Trinajstić information content (AvgIpc) is 3.38. The second kappa shape index (κ2) is 10.8. The summed E-state index contributed by atoms with van der Waals surface area (Å²) >= 11 is 1.30. The van der Waals surface area contributed by atoms with Crippen LogP contribution in [0.1, 0.15) is 22.5 Å². The molecule has 1 amide bonds. The maximum Gasteiger partial charge on any atom is 0.337 e. The smallest absolute Gasteiger partial charge is 0.337 e. The van der Waals surface area contributed by atoms with Gasteiger partial charge in [0.15, 0.2) is 11.0 Å². The third kappa shape index (κ3) is 5.74. The fourth-order valence-electron chi connectivity index (χ4n) is 2.91. The third-order valence-corrected chi connectivity index (χ3v) is 5.44. The van der Waals surface area contributed by atoms with Gasteiger partial charge in [-0.2, -0.15) is 0 Å². The number of carbonyl (C=O) groups is 2. The summed E-state index contributed by atoms with van der Waals surface area (Å²) in [5.74, 6) is 0.993. The number of carbonyl (C=O) groups excluding carboxylic acids is 2. The Kier molecular flexibility index (Phi) is 7.85. The lowest BCUT2D eigenvalue weighted by Crippen LogP contribution is -2.15. The number of furan rings is 1. The number of amides is 1. The summed E-state index contributed by atoms with van der Waals surface area (Å²) in [7, 11) is 2.98. The molecule has 2 aromatic heterocycles. The van der Waals surface area contributed by atoms with E-state index in [2.05, 4.69) is 20.3 Å². The number of aromatic nitrogens is 3. The number of aryl methyl sites for hydroxylation is 1. The van der Waals surface area contributed by atoms with Crippen LogP contribution in [0, 0.1) is 6.92 Å². The molecule has 0 unspecified atom stereocenters. The van der Waals surface area contributed by atoms with E-state index >= 15 is 0 Å². The van der Waals surface area contributed by atoms with Gasteiger partial charge in [0, 0.05) is 25.9 Å². The van der Waals surface area contributed by atoms with E-state index in [9.17, 15) is 9.59 Å². The number of nitrogens with one attached hydrogen (secondary N) is 1. The Morgan fingerprint density at radius 2 is 1.94 bits per heavy atom. The Balaban J connectivity index is 1.66. The van der Waals surface area contributed by atoms with Gasteiger partial charge in [0.2, 0.25) is 5.91 Å². The molecule has 0 saturated heterocycles. The molecule has 31 heavy (non-hydrogen) atoms. The lowest BCUT2D eigenvalue weighted by Gasteiger charge is -2.10. The van der Waals surface area contributed by atoms with Gasteiger partial charge in [0.25, 0.3) is 0 Å². The zero-order valence-electron chi connectivity index (χ0n) is 17.6. The highest BCUT2D eigenvalue weighted by Crippen LogP contribution is 2.27. The number of hydrogen-bond acceptors (Lipinski definition) is 8. The van der Waals surface area contributed by atoms with E-state index in [1.54, 1.807) is 37.6 Å². The molecule has 9 nitrogen and oxygen atoms in total. The van der Waals surface area contributed by atoms with Crippen molar-refractivity contribution in [1.29, 1.82) is 0 Å². The van der Waals surface area contributed by atoms with Crippen molar-refractivity contribution in [1.82, 2.24) is 14.8 Å². The second-order valence-corrected chi connectivity index (χ2v) is 7.54. The van der Waals surface area contributed by atoms with E-state index in [1.165, 1.54) is 18.9 Å². The maximum atomic E-state index is 12.4. The molecule has 2 heterocycles. The molecule has 3 aromatic rings. The Morgan fingerprint density at radius 1 is 1.16 bits per heavy atom. The van der Waals surface area contributed by atoms with Crippen molar-refractivity contribution in [2.24, 2.45) is 0 Å². The van der Waals surface area contributed by atoms with Crippen molar-refractivity contribution in [2.45, 2.75) is 25.0 Å². The van der Waals surface area contributed by atoms with Crippen LogP contribution in [0.5, 0.6) is 0 Å². The molecule has 3 rings (SSSR count). The van der Waals surface area contributed by atoms with Crippen molar-refractivity contribution in [3.05, 3.63) is 47.9 Å². The minimum atomic E-state index is -0.426. The van der Waals surface area contributed by atoms with Gasteiger partial charge in [-0.25, -0.2) is 4.79 Å². The Morgan fingerprint density at radius 3 is 2.58 bits per heavy atom. The predicted octanol–water partition coefficient (Wildman–Crippen LogP) is 3.40. The molecule has 0 radical (unpaired) electrons. The first-order chi connectivity index (χ1) is 15.0. The number of ether oxygens (including phenoxy) is 2. The van der Waals surface area contributed by atoms with Crippen molar-refractivity contribution in [3.63, 3.8) is 0 Å². The minimum Gasteiger partial charge on any atom is -0.469 e. The second-order valence-electron chi connectivity index (χ2n) is 6.60. The number of anilines is 1. The zero-order valence-corrected chi connectivity index (χ0v) is 18.4. The summed E-state index contributed by atoms with van der Waals surface area (Å²) in [5.41, 5.74) is 1.88. The van der Waals surface area contributed by atoms with Crippen molar-refractivity contribution >= 4 is 29.3 Å². The summed E-state index contributed by atoms with van der Waals surface area (Å²) in [6.07, 6.45) is 2.40. The lowest BCUT2D eigenvalue weighted by molar-refractivity contribution is -0.113. The minimum absolute atomic E-state index is 0.158. The summed E-state index contributed by atoms with van der Waals surface area (Å²) < 4.78 is 17.2. The molecule has 0 atom stereocenters. The van der Waals surface area contributed by atoms with Gasteiger partial charge in [0.1, 0.15) is 5.76 Å². The normalized spacial score (nSPS) is 10.8. The van der Waals surface area contributed by atoms with Gasteiger partial charge >= 0.3 is 5.97 Å². The van der Waals surface area contributed by atoms with Crippen LogP contribution in [0.25, 0.3) is 11.4 Å². The lowest BCUT2D eigenvalue weighted by atomic mass is 10.2. The predicted molar refractivity (Wildman–Crippen MR) is 116 cm³/mol.